The fourth-order valence-electron chi connectivity index (χ4n) is 3.62. The van der Waals surface area contributed by atoms with Crippen molar-refractivity contribution >= 4 is 6.09 Å². The minimum absolute atomic E-state index is 0.0294. The van der Waals surface area contributed by atoms with Gasteiger partial charge in [-0.25, -0.2) is 4.79 Å². The molecule has 1 aromatic carbocycles. The van der Waals surface area contributed by atoms with Crippen molar-refractivity contribution in [3.05, 3.63) is 71.2 Å². The van der Waals surface area contributed by atoms with Crippen LogP contribution in [0.1, 0.15) is 28.8 Å². The lowest BCUT2D eigenvalue weighted by Crippen LogP contribution is -2.31. The molecule has 0 N–H and O–H groups in total. The average molecular weight is 484 g/mol. The number of pyridine rings is 1. The van der Waals surface area contributed by atoms with Crippen LogP contribution in [0, 0.1) is 0 Å². The molecule has 3 heterocycles. The Bertz CT molecular complexity index is 1140. The van der Waals surface area contributed by atoms with Crippen molar-refractivity contribution in [2.45, 2.75) is 38.5 Å². The van der Waals surface area contributed by atoms with Gasteiger partial charge >= 0.3 is 18.4 Å². The highest BCUT2D eigenvalue weighted by atomic mass is 19.4. The van der Waals surface area contributed by atoms with E-state index in [1.54, 1.807) is 29.2 Å². The molecule has 180 valence electrons. The van der Waals surface area contributed by atoms with Crippen molar-refractivity contribution in [3.8, 4) is 11.3 Å². The molecule has 3 aromatic rings. The third kappa shape index (κ3) is 5.32. The van der Waals surface area contributed by atoms with Crippen molar-refractivity contribution < 1.29 is 35.9 Å². The summed E-state index contributed by atoms with van der Waals surface area (Å²) in [4.78, 5) is 17.9. The second-order valence-electron chi connectivity index (χ2n) is 7.72. The van der Waals surface area contributed by atoms with Gasteiger partial charge in [0, 0.05) is 31.0 Å². The van der Waals surface area contributed by atoms with E-state index in [4.69, 9.17) is 4.74 Å². The summed E-state index contributed by atoms with van der Waals surface area (Å²) in [5.41, 5.74) is -1.08. The molecule has 12 heteroatoms. The van der Waals surface area contributed by atoms with E-state index in [0.717, 1.165) is 11.3 Å². The van der Waals surface area contributed by atoms with Gasteiger partial charge in [0.1, 0.15) is 6.61 Å². The summed E-state index contributed by atoms with van der Waals surface area (Å²) >= 11 is 0. The van der Waals surface area contributed by atoms with Crippen LogP contribution >= 0.6 is 0 Å². The van der Waals surface area contributed by atoms with Gasteiger partial charge in [0.2, 0.25) is 0 Å². The van der Waals surface area contributed by atoms with E-state index in [-0.39, 0.29) is 12.6 Å². The largest absolute Gasteiger partial charge is 0.445 e. The Kier molecular flexibility index (Phi) is 6.24. The van der Waals surface area contributed by atoms with Gasteiger partial charge in [-0.05, 0) is 48.4 Å². The minimum atomic E-state index is -4.98. The molecule has 1 amide bonds. The number of ether oxygens (including phenoxy) is 1. The number of carbonyl (C=O) groups is 1. The Morgan fingerprint density at radius 1 is 0.941 bits per heavy atom. The fourth-order valence-corrected chi connectivity index (χ4v) is 3.62. The van der Waals surface area contributed by atoms with E-state index >= 15 is 0 Å². The number of aryl methyl sites for hydroxylation is 1. The zero-order chi connectivity index (χ0) is 24.5. The molecule has 6 nitrogen and oxygen atoms in total. The number of fused-ring (bicyclic) bond motifs is 1. The maximum absolute atomic E-state index is 13.0. The third-order valence-electron chi connectivity index (χ3n) is 5.26. The van der Waals surface area contributed by atoms with Crippen molar-refractivity contribution in [2.24, 2.45) is 0 Å². The standard InChI is InChI=1S/C22H18F6N4O2/c23-21(24,25)16-8-14(9-17(10-16)22(26,27)28)13-34-20(33)31-6-1-7-32-18(12-31)11-19(30-32)15-2-4-29-5-3-15/h2-5,8-11H,1,6-7,12-13H2. The molecule has 1 aliphatic rings. The van der Waals surface area contributed by atoms with Gasteiger partial charge in [0.15, 0.2) is 0 Å². The first-order valence-electron chi connectivity index (χ1n) is 10.2. The Morgan fingerprint density at radius 2 is 1.59 bits per heavy atom. The first-order valence-corrected chi connectivity index (χ1v) is 10.2. The van der Waals surface area contributed by atoms with Gasteiger partial charge in [0.05, 0.1) is 29.1 Å². The lowest BCUT2D eigenvalue weighted by molar-refractivity contribution is -0.143. The number of hydrogen-bond donors (Lipinski definition) is 0. The Hall–Kier alpha value is -3.57. The number of hydrogen-bond acceptors (Lipinski definition) is 4. The number of alkyl halides is 6. The highest BCUT2D eigenvalue weighted by Crippen LogP contribution is 2.36. The molecule has 4 rings (SSSR count). The lowest BCUT2D eigenvalue weighted by Gasteiger charge is -2.20. The van der Waals surface area contributed by atoms with Gasteiger partial charge in [-0.15, -0.1) is 0 Å². The van der Waals surface area contributed by atoms with Gasteiger partial charge in [0.25, 0.3) is 0 Å². The minimum Gasteiger partial charge on any atom is -0.445 e. The van der Waals surface area contributed by atoms with Crippen LogP contribution in [0.15, 0.2) is 48.8 Å². The molecule has 0 radical (unpaired) electrons. The summed E-state index contributed by atoms with van der Waals surface area (Å²) < 4.78 is 85.1. The molecular weight excluding hydrogens is 466 g/mol. The van der Waals surface area contributed by atoms with E-state index in [2.05, 4.69) is 10.1 Å². The molecule has 34 heavy (non-hydrogen) atoms. The summed E-state index contributed by atoms with van der Waals surface area (Å²) in [7, 11) is 0. The zero-order valence-corrected chi connectivity index (χ0v) is 17.5. The molecule has 0 aliphatic carbocycles. The van der Waals surface area contributed by atoms with Crippen LogP contribution in [0.4, 0.5) is 31.1 Å². The summed E-state index contributed by atoms with van der Waals surface area (Å²) in [6.07, 6.45) is -7.00. The van der Waals surface area contributed by atoms with Crippen molar-refractivity contribution in [1.82, 2.24) is 19.7 Å². The quantitative estimate of drug-likeness (QED) is 0.459. The van der Waals surface area contributed by atoms with Crippen molar-refractivity contribution in [1.29, 1.82) is 0 Å². The molecular formula is C22H18F6N4O2. The second kappa shape index (κ2) is 8.99. The van der Waals surface area contributed by atoms with Crippen LogP contribution in [0.25, 0.3) is 11.3 Å². The number of benzene rings is 1. The molecule has 0 saturated heterocycles. The third-order valence-corrected chi connectivity index (χ3v) is 5.26. The Labute approximate surface area is 189 Å². The first-order chi connectivity index (χ1) is 16.0. The maximum Gasteiger partial charge on any atom is 0.416 e. The molecule has 0 atom stereocenters. The molecule has 0 fully saturated rings. The topological polar surface area (TPSA) is 60.2 Å². The van der Waals surface area contributed by atoms with Gasteiger partial charge in [-0.1, -0.05) is 0 Å². The van der Waals surface area contributed by atoms with Gasteiger partial charge in [-0.2, -0.15) is 31.4 Å². The zero-order valence-electron chi connectivity index (χ0n) is 17.5. The average Bonchev–Trinajstić information content (AvgIpc) is 3.08. The van der Waals surface area contributed by atoms with E-state index in [0.29, 0.717) is 37.3 Å². The summed E-state index contributed by atoms with van der Waals surface area (Å²) in [5.74, 6) is 0. The van der Waals surface area contributed by atoms with Crippen LogP contribution < -0.4 is 0 Å². The maximum atomic E-state index is 13.0. The molecule has 0 bridgehead atoms. The van der Waals surface area contributed by atoms with E-state index in [9.17, 15) is 31.1 Å². The predicted octanol–water partition coefficient (Wildman–Crippen LogP) is 5.53. The first kappa shape index (κ1) is 23.6. The lowest BCUT2D eigenvalue weighted by atomic mass is 10.1. The number of aromatic nitrogens is 3. The fraction of sp³-hybridized carbons (Fsp3) is 0.318. The monoisotopic (exact) mass is 484 g/mol. The number of halogens is 6. The second-order valence-corrected chi connectivity index (χ2v) is 7.72. The molecule has 0 saturated carbocycles. The summed E-state index contributed by atoms with van der Waals surface area (Å²) in [6, 6.07) is 6.50. The number of rotatable bonds is 3. The highest BCUT2D eigenvalue weighted by Gasteiger charge is 2.37. The van der Waals surface area contributed by atoms with Gasteiger partial charge in [-0.3, -0.25) is 9.67 Å². The normalized spacial score (nSPS) is 14.5. The molecule has 0 spiro atoms. The Balaban J connectivity index is 1.48. The summed E-state index contributed by atoms with van der Waals surface area (Å²) in [5, 5.41) is 4.53. The molecule has 2 aromatic heterocycles. The van der Waals surface area contributed by atoms with E-state index in [1.807, 2.05) is 6.07 Å². The smallest absolute Gasteiger partial charge is 0.416 e. The van der Waals surface area contributed by atoms with E-state index in [1.165, 1.54) is 4.90 Å². The SMILES string of the molecule is O=C(OCc1cc(C(F)(F)F)cc(C(F)(F)F)c1)N1CCCn2nc(-c3ccncc3)cc2C1. The Morgan fingerprint density at radius 3 is 2.21 bits per heavy atom. The van der Waals surface area contributed by atoms with E-state index < -0.39 is 41.7 Å². The van der Waals surface area contributed by atoms with Crippen LogP contribution in [-0.4, -0.2) is 32.3 Å². The van der Waals surface area contributed by atoms with Crippen LogP contribution in [0.2, 0.25) is 0 Å². The number of amides is 1. The summed E-state index contributed by atoms with van der Waals surface area (Å²) in [6.45, 7) is 0.229. The van der Waals surface area contributed by atoms with Crippen molar-refractivity contribution in [3.63, 3.8) is 0 Å². The van der Waals surface area contributed by atoms with Crippen LogP contribution in [-0.2, 0) is 36.8 Å². The number of carbonyl (C=O) groups excluding carboxylic acids is 1. The predicted molar refractivity (Wildman–Crippen MR) is 107 cm³/mol. The number of nitrogens with zero attached hydrogens (tertiary/aromatic N) is 4. The highest BCUT2D eigenvalue weighted by molar-refractivity contribution is 5.68. The molecule has 0 unspecified atom stereocenters. The van der Waals surface area contributed by atoms with Gasteiger partial charge < -0.3 is 9.64 Å². The van der Waals surface area contributed by atoms with Crippen LogP contribution in [0.5, 0.6) is 0 Å². The van der Waals surface area contributed by atoms with Crippen molar-refractivity contribution in [2.75, 3.05) is 6.54 Å². The van der Waals surface area contributed by atoms with Crippen LogP contribution in [0.3, 0.4) is 0 Å². The molecule has 1 aliphatic heterocycles.